The van der Waals surface area contributed by atoms with Gasteiger partial charge in [0.15, 0.2) is 0 Å². The Kier molecular flexibility index (Phi) is 4.09. The minimum absolute atomic E-state index is 0.0937. The number of carbonyl (C=O) groups is 1. The first-order valence-electron chi connectivity index (χ1n) is 7.88. The molecule has 0 bridgehead atoms. The van der Waals surface area contributed by atoms with Crippen LogP contribution in [-0.2, 0) is 0 Å². The van der Waals surface area contributed by atoms with Crippen LogP contribution in [-0.4, -0.2) is 11.0 Å². The van der Waals surface area contributed by atoms with E-state index in [0.717, 1.165) is 14.9 Å². The van der Waals surface area contributed by atoms with Gasteiger partial charge in [0.1, 0.15) is 11.9 Å². The zero-order chi connectivity index (χ0) is 17.4. The van der Waals surface area contributed by atoms with Crippen molar-refractivity contribution in [3.8, 4) is 5.75 Å². The molecule has 0 aliphatic carbocycles. The van der Waals surface area contributed by atoms with Gasteiger partial charge in [-0.3, -0.25) is 9.69 Å². The van der Waals surface area contributed by atoms with Gasteiger partial charge < -0.3 is 10.4 Å². The van der Waals surface area contributed by atoms with Crippen molar-refractivity contribution in [1.29, 1.82) is 0 Å². The average Bonchev–Trinajstić information content (AvgIpc) is 2.63. The SMILES string of the molecule is O=C1c2ccccc2NC(c2ccccc2O)N1c1ccc(I)cc1. The Balaban J connectivity index is 1.89. The topological polar surface area (TPSA) is 52.6 Å². The van der Waals surface area contributed by atoms with Gasteiger partial charge in [0.25, 0.3) is 5.91 Å². The number of aromatic hydroxyl groups is 1. The van der Waals surface area contributed by atoms with Crippen molar-refractivity contribution in [2.45, 2.75) is 6.17 Å². The molecule has 0 spiro atoms. The summed E-state index contributed by atoms with van der Waals surface area (Å²) in [6, 6.07) is 22.3. The van der Waals surface area contributed by atoms with Crippen LogP contribution in [0.25, 0.3) is 0 Å². The zero-order valence-corrected chi connectivity index (χ0v) is 15.3. The molecule has 4 rings (SSSR count). The molecule has 0 radical (unpaired) electrons. The Labute approximate surface area is 159 Å². The van der Waals surface area contributed by atoms with Gasteiger partial charge in [0, 0.05) is 20.5 Å². The third-order valence-corrected chi connectivity index (χ3v) is 4.98. The first-order valence-corrected chi connectivity index (χ1v) is 8.95. The summed E-state index contributed by atoms with van der Waals surface area (Å²) in [6.07, 6.45) is -0.483. The molecule has 1 heterocycles. The molecule has 1 amide bonds. The lowest BCUT2D eigenvalue weighted by Gasteiger charge is -2.38. The number of benzene rings is 3. The summed E-state index contributed by atoms with van der Waals surface area (Å²) in [7, 11) is 0. The van der Waals surface area contributed by atoms with Gasteiger partial charge in [-0.15, -0.1) is 0 Å². The van der Waals surface area contributed by atoms with Gasteiger partial charge in [0.2, 0.25) is 0 Å². The Morgan fingerprint density at radius 2 is 1.60 bits per heavy atom. The van der Waals surface area contributed by atoms with Crippen molar-refractivity contribution in [1.82, 2.24) is 0 Å². The zero-order valence-electron chi connectivity index (χ0n) is 13.2. The van der Waals surface area contributed by atoms with E-state index in [1.54, 1.807) is 17.0 Å². The number of carbonyl (C=O) groups excluding carboxylic acids is 1. The van der Waals surface area contributed by atoms with E-state index < -0.39 is 6.17 Å². The predicted molar refractivity (Wildman–Crippen MR) is 107 cm³/mol. The minimum Gasteiger partial charge on any atom is -0.508 e. The molecule has 3 aromatic carbocycles. The van der Waals surface area contributed by atoms with E-state index in [4.69, 9.17) is 0 Å². The monoisotopic (exact) mass is 442 g/mol. The number of phenols is 1. The maximum Gasteiger partial charge on any atom is 0.262 e. The Bertz CT molecular complexity index is 940. The number of rotatable bonds is 2. The van der Waals surface area contributed by atoms with E-state index in [9.17, 15) is 9.90 Å². The first kappa shape index (κ1) is 16.0. The number of nitrogens with one attached hydrogen (secondary N) is 1. The lowest BCUT2D eigenvalue weighted by molar-refractivity contribution is 0.0974. The molecule has 0 saturated carbocycles. The molecule has 5 heteroatoms. The molecular weight excluding hydrogens is 427 g/mol. The van der Waals surface area contributed by atoms with Crippen LogP contribution in [0, 0.1) is 3.57 Å². The van der Waals surface area contributed by atoms with Crippen LogP contribution in [0.3, 0.4) is 0 Å². The Hall–Kier alpha value is -2.54. The van der Waals surface area contributed by atoms with Crippen LogP contribution in [0.4, 0.5) is 11.4 Å². The van der Waals surface area contributed by atoms with Crippen LogP contribution >= 0.6 is 22.6 Å². The molecule has 1 aliphatic rings. The fourth-order valence-electron chi connectivity index (χ4n) is 3.06. The number of anilines is 2. The highest BCUT2D eigenvalue weighted by Gasteiger charge is 2.35. The quantitative estimate of drug-likeness (QED) is 0.563. The van der Waals surface area contributed by atoms with Gasteiger partial charge in [0.05, 0.1) is 5.56 Å². The van der Waals surface area contributed by atoms with Gasteiger partial charge in [-0.05, 0) is 65.1 Å². The van der Waals surface area contributed by atoms with E-state index in [1.165, 1.54) is 0 Å². The van der Waals surface area contributed by atoms with Crippen molar-refractivity contribution >= 4 is 39.9 Å². The number of halogens is 1. The summed E-state index contributed by atoms with van der Waals surface area (Å²) in [5.74, 6) is 0.0616. The lowest BCUT2D eigenvalue weighted by Crippen LogP contribution is -2.43. The minimum atomic E-state index is -0.483. The van der Waals surface area contributed by atoms with Gasteiger partial charge in [-0.1, -0.05) is 30.3 Å². The van der Waals surface area contributed by atoms with E-state index >= 15 is 0 Å². The van der Waals surface area contributed by atoms with E-state index in [2.05, 4.69) is 27.9 Å². The number of nitrogens with zero attached hydrogens (tertiary/aromatic N) is 1. The van der Waals surface area contributed by atoms with E-state index in [0.29, 0.717) is 11.1 Å². The molecule has 3 aromatic rings. The molecule has 25 heavy (non-hydrogen) atoms. The van der Waals surface area contributed by atoms with Gasteiger partial charge >= 0.3 is 0 Å². The van der Waals surface area contributed by atoms with Crippen LogP contribution in [0.2, 0.25) is 0 Å². The summed E-state index contributed by atoms with van der Waals surface area (Å²) >= 11 is 2.24. The van der Waals surface area contributed by atoms with Crippen molar-refractivity contribution in [3.63, 3.8) is 0 Å². The van der Waals surface area contributed by atoms with Crippen molar-refractivity contribution in [2.75, 3.05) is 10.2 Å². The fraction of sp³-hybridized carbons (Fsp3) is 0.0500. The number of fused-ring (bicyclic) bond motifs is 1. The smallest absolute Gasteiger partial charge is 0.262 e. The second-order valence-corrected chi connectivity index (χ2v) is 7.05. The molecule has 0 fully saturated rings. The summed E-state index contributed by atoms with van der Waals surface area (Å²) in [4.78, 5) is 14.9. The highest BCUT2D eigenvalue weighted by molar-refractivity contribution is 14.1. The molecule has 2 N–H and O–H groups in total. The van der Waals surface area contributed by atoms with E-state index in [-0.39, 0.29) is 11.7 Å². The summed E-state index contributed by atoms with van der Waals surface area (Å²) < 4.78 is 1.10. The van der Waals surface area contributed by atoms with Crippen LogP contribution < -0.4 is 10.2 Å². The Morgan fingerprint density at radius 1 is 0.920 bits per heavy atom. The number of para-hydroxylation sites is 2. The molecule has 1 aliphatic heterocycles. The molecular formula is C20H15IN2O2. The summed E-state index contributed by atoms with van der Waals surface area (Å²) in [5.41, 5.74) is 2.82. The van der Waals surface area contributed by atoms with Gasteiger partial charge in [-0.25, -0.2) is 0 Å². The molecule has 124 valence electrons. The third kappa shape index (κ3) is 2.84. The maximum atomic E-state index is 13.2. The van der Waals surface area contributed by atoms with Crippen molar-refractivity contribution < 1.29 is 9.90 Å². The van der Waals surface area contributed by atoms with Crippen LogP contribution in [0.15, 0.2) is 72.8 Å². The molecule has 0 saturated heterocycles. The Morgan fingerprint density at radius 3 is 2.36 bits per heavy atom. The summed E-state index contributed by atoms with van der Waals surface area (Å²) in [6.45, 7) is 0. The summed E-state index contributed by atoms with van der Waals surface area (Å²) in [5, 5.41) is 13.7. The molecule has 1 atom stereocenters. The van der Waals surface area contributed by atoms with Crippen molar-refractivity contribution in [2.24, 2.45) is 0 Å². The predicted octanol–water partition coefficient (Wildman–Crippen LogP) is 4.77. The average molecular weight is 442 g/mol. The largest absolute Gasteiger partial charge is 0.508 e. The standard InChI is InChI=1S/C20H15IN2O2/c21-13-9-11-14(12-10-13)23-19(16-6-2-4-8-18(16)24)22-17-7-3-1-5-15(17)20(23)25/h1-12,19,22,24H. The lowest BCUT2D eigenvalue weighted by atomic mass is 10.0. The van der Waals surface area contributed by atoms with Crippen LogP contribution in [0.1, 0.15) is 22.1 Å². The number of hydrogen-bond acceptors (Lipinski definition) is 3. The highest BCUT2D eigenvalue weighted by Crippen LogP contribution is 2.39. The van der Waals surface area contributed by atoms with Crippen LogP contribution in [0.5, 0.6) is 5.75 Å². The highest BCUT2D eigenvalue weighted by atomic mass is 127. The van der Waals surface area contributed by atoms with Gasteiger partial charge in [-0.2, -0.15) is 0 Å². The maximum absolute atomic E-state index is 13.2. The number of phenolic OH excluding ortho intramolecular Hbond substituents is 1. The molecule has 0 aromatic heterocycles. The molecule has 4 nitrogen and oxygen atoms in total. The molecule has 1 unspecified atom stereocenters. The second kappa shape index (κ2) is 6.40. The number of amides is 1. The normalized spacial score (nSPS) is 16.3. The number of hydrogen-bond donors (Lipinski definition) is 2. The fourth-order valence-corrected chi connectivity index (χ4v) is 3.42. The van der Waals surface area contributed by atoms with E-state index in [1.807, 2.05) is 60.7 Å². The second-order valence-electron chi connectivity index (χ2n) is 5.80. The third-order valence-electron chi connectivity index (χ3n) is 4.26. The first-order chi connectivity index (χ1) is 12.1. The van der Waals surface area contributed by atoms with Crippen molar-refractivity contribution in [3.05, 3.63) is 87.5 Å².